The molecular formula is C22H32FN3O4. The lowest BCUT2D eigenvalue weighted by Gasteiger charge is -2.24. The van der Waals surface area contributed by atoms with Crippen LogP contribution in [0, 0.1) is 17.7 Å². The van der Waals surface area contributed by atoms with Crippen molar-refractivity contribution in [1.82, 2.24) is 14.7 Å². The topological polar surface area (TPSA) is 62.3 Å². The molecule has 0 spiro atoms. The van der Waals surface area contributed by atoms with Gasteiger partial charge in [-0.3, -0.25) is 14.5 Å². The van der Waals surface area contributed by atoms with Crippen LogP contribution >= 0.6 is 0 Å². The first kappa shape index (κ1) is 22.5. The van der Waals surface area contributed by atoms with Gasteiger partial charge in [-0.05, 0) is 23.6 Å². The normalized spacial score (nSPS) is 25.8. The second kappa shape index (κ2) is 9.31. The minimum atomic E-state index is -0.388. The Morgan fingerprint density at radius 1 is 1.17 bits per heavy atom. The lowest BCUT2D eigenvalue weighted by molar-refractivity contribution is -0.131. The summed E-state index contributed by atoms with van der Waals surface area (Å²) in [7, 11) is 8.45. The van der Waals surface area contributed by atoms with E-state index in [0.717, 1.165) is 12.1 Å². The van der Waals surface area contributed by atoms with E-state index < -0.39 is 0 Å². The lowest BCUT2D eigenvalue weighted by Crippen LogP contribution is -2.35. The number of hydrogen-bond acceptors (Lipinski definition) is 5. The zero-order valence-electron chi connectivity index (χ0n) is 18.4. The van der Waals surface area contributed by atoms with Crippen LogP contribution in [-0.2, 0) is 20.9 Å². The molecule has 1 aromatic carbocycles. The summed E-state index contributed by atoms with van der Waals surface area (Å²) in [5.41, 5.74) is 0.944. The Labute approximate surface area is 177 Å². The zero-order valence-corrected chi connectivity index (χ0v) is 18.4. The van der Waals surface area contributed by atoms with Gasteiger partial charge in [-0.1, -0.05) is 6.07 Å². The molecular weight excluding hydrogens is 389 g/mol. The number of amides is 2. The summed E-state index contributed by atoms with van der Waals surface area (Å²) in [5, 5.41) is 0. The number of carbonyl (C=O) groups excluding carboxylic acids is 2. The Hall–Kier alpha value is -2.19. The van der Waals surface area contributed by atoms with Crippen molar-refractivity contribution in [3.05, 3.63) is 29.6 Å². The number of fused-ring (bicyclic) bond motifs is 1. The Bertz CT molecular complexity index is 786. The number of benzene rings is 1. The predicted molar refractivity (Wildman–Crippen MR) is 110 cm³/mol. The maximum Gasteiger partial charge on any atom is 0.224 e. The van der Waals surface area contributed by atoms with Gasteiger partial charge in [0.25, 0.3) is 0 Å². The Morgan fingerprint density at radius 2 is 1.83 bits per heavy atom. The van der Waals surface area contributed by atoms with Crippen LogP contribution in [0.15, 0.2) is 18.2 Å². The highest BCUT2D eigenvalue weighted by Crippen LogP contribution is 2.42. The van der Waals surface area contributed by atoms with Crippen LogP contribution in [0.2, 0.25) is 0 Å². The van der Waals surface area contributed by atoms with Crippen LogP contribution in [0.4, 0.5) is 4.39 Å². The molecule has 2 aliphatic rings. The van der Waals surface area contributed by atoms with E-state index in [1.165, 1.54) is 13.2 Å². The molecule has 7 nitrogen and oxygen atoms in total. The maximum absolute atomic E-state index is 13.8. The van der Waals surface area contributed by atoms with Crippen LogP contribution in [0.3, 0.4) is 0 Å². The number of nitrogens with zero attached hydrogens (tertiary/aromatic N) is 3. The second-order valence-electron chi connectivity index (χ2n) is 8.66. The number of ether oxygens (including phenoxy) is 2. The average Bonchev–Trinajstić information content (AvgIpc) is 3.25. The fraction of sp³-hybridized carbons (Fsp3) is 0.636. The van der Waals surface area contributed by atoms with E-state index >= 15 is 0 Å². The van der Waals surface area contributed by atoms with Gasteiger partial charge >= 0.3 is 0 Å². The number of rotatable bonds is 7. The van der Waals surface area contributed by atoms with Crippen molar-refractivity contribution in [3.8, 4) is 5.75 Å². The summed E-state index contributed by atoms with van der Waals surface area (Å²) < 4.78 is 24.9. The van der Waals surface area contributed by atoms with Gasteiger partial charge in [0.15, 0.2) is 11.6 Å². The summed E-state index contributed by atoms with van der Waals surface area (Å²) >= 11 is 0. The van der Waals surface area contributed by atoms with E-state index in [9.17, 15) is 14.0 Å². The number of hydrogen-bond donors (Lipinski definition) is 0. The van der Waals surface area contributed by atoms with Gasteiger partial charge in [0.1, 0.15) is 0 Å². The molecule has 1 aromatic rings. The SMILES string of the molecule is COc1cc(CN2C[C@@H](CC(=O)N(C)C)[C@H]3[C@H](CC(=O)N(C)C)OC[C@H]32)ccc1F. The van der Waals surface area contributed by atoms with Gasteiger partial charge in [0.05, 0.1) is 26.2 Å². The molecule has 2 heterocycles. The van der Waals surface area contributed by atoms with Crippen LogP contribution in [0.25, 0.3) is 0 Å². The monoisotopic (exact) mass is 421 g/mol. The molecule has 2 fully saturated rings. The minimum absolute atomic E-state index is 0.0278. The zero-order chi connectivity index (χ0) is 22.0. The highest BCUT2D eigenvalue weighted by atomic mass is 19.1. The van der Waals surface area contributed by atoms with Crippen molar-refractivity contribution in [3.63, 3.8) is 0 Å². The standard InChI is InChI=1S/C22H32FN3O4/c1-24(2)20(27)9-15-12-26(11-14-6-7-16(23)18(8-14)29-5)17-13-30-19(22(15)17)10-21(28)25(3)4/h6-8,15,17,19,22H,9-13H2,1-5H3/t15-,17-,19+,22-/m1/s1. The molecule has 0 saturated carbocycles. The first-order valence-corrected chi connectivity index (χ1v) is 10.3. The van der Waals surface area contributed by atoms with Crippen LogP contribution in [0.1, 0.15) is 18.4 Å². The maximum atomic E-state index is 13.8. The predicted octanol–water partition coefficient (Wildman–Crippen LogP) is 1.61. The summed E-state index contributed by atoms with van der Waals surface area (Å²) in [6, 6.07) is 5.01. The van der Waals surface area contributed by atoms with Crippen molar-refractivity contribution < 1.29 is 23.5 Å². The van der Waals surface area contributed by atoms with E-state index in [1.807, 2.05) is 0 Å². The molecule has 2 saturated heterocycles. The average molecular weight is 422 g/mol. The molecule has 2 amide bonds. The number of methoxy groups -OCH3 is 1. The molecule has 0 N–H and O–H groups in total. The summed E-state index contributed by atoms with van der Waals surface area (Å²) in [5.74, 6) is 0.157. The molecule has 0 bridgehead atoms. The molecule has 0 radical (unpaired) electrons. The van der Waals surface area contributed by atoms with E-state index in [1.54, 1.807) is 50.1 Å². The number of likely N-dealkylation sites (tertiary alicyclic amines) is 1. The first-order chi connectivity index (χ1) is 14.2. The molecule has 2 aliphatic heterocycles. The number of halogens is 1. The van der Waals surface area contributed by atoms with Crippen LogP contribution in [-0.4, -0.2) is 87.1 Å². The quantitative estimate of drug-likeness (QED) is 0.669. The van der Waals surface area contributed by atoms with Gasteiger partial charge in [-0.15, -0.1) is 0 Å². The third-order valence-electron chi connectivity index (χ3n) is 6.25. The fourth-order valence-corrected chi connectivity index (χ4v) is 4.59. The molecule has 0 unspecified atom stereocenters. The van der Waals surface area contributed by atoms with Gasteiger partial charge in [-0.2, -0.15) is 0 Å². The highest BCUT2D eigenvalue weighted by Gasteiger charge is 2.51. The van der Waals surface area contributed by atoms with Crippen molar-refractivity contribution >= 4 is 11.8 Å². The van der Waals surface area contributed by atoms with E-state index in [0.29, 0.717) is 26.0 Å². The summed E-state index contributed by atoms with van der Waals surface area (Å²) in [6.07, 6.45) is 0.546. The van der Waals surface area contributed by atoms with Gasteiger partial charge in [0.2, 0.25) is 11.8 Å². The molecule has 3 rings (SSSR count). The van der Waals surface area contributed by atoms with Crippen molar-refractivity contribution in [2.24, 2.45) is 11.8 Å². The second-order valence-corrected chi connectivity index (χ2v) is 8.66. The van der Waals surface area contributed by atoms with Gasteiger partial charge < -0.3 is 19.3 Å². The van der Waals surface area contributed by atoms with Crippen LogP contribution in [0.5, 0.6) is 5.75 Å². The lowest BCUT2D eigenvalue weighted by atomic mass is 9.84. The van der Waals surface area contributed by atoms with E-state index in [-0.39, 0.29) is 47.4 Å². The molecule has 0 aromatic heterocycles. The Morgan fingerprint density at radius 3 is 2.47 bits per heavy atom. The molecule has 4 atom stereocenters. The molecule has 30 heavy (non-hydrogen) atoms. The molecule has 166 valence electrons. The highest BCUT2D eigenvalue weighted by molar-refractivity contribution is 5.77. The van der Waals surface area contributed by atoms with Gasteiger partial charge in [-0.25, -0.2) is 4.39 Å². The first-order valence-electron chi connectivity index (χ1n) is 10.3. The summed E-state index contributed by atoms with van der Waals surface area (Å²) in [6.45, 7) is 1.88. The molecule has 0 aliphatic carbocycles. The third-order valence-corrected chi connectivity index (χ3v) is 6.25. The van der Waals surface area contributed by atoms with E-state index in [2.05, 4.69) is 4.90 Å². The smallest absolute Gasteiger partial charge is 0.224 e. The largest absolute Gasteiger partial charge is 0.494 e. The van der Waals surface area contributed by atoms with Crippen molar-refractivity contribution in [1.29, 1.82) is 0 Å². The summed E-state index contributed by atoms with van der Waals surface area (Å²) in [4.78, 5) is 30.2. The minimum Gasteiger partial charge on any atom is -0.494 e. The van der Waals surface area contributed by atoms with Gasteiger partial charge in [0, 0.05) is 59.7 Å². The fourth-order valence-electron chi connectivity index (χ4n) is 4.59. The Kier molecular flexibility index (Phi) is 6.98. The third kappa shape index (κ3) is 4.75. The van der Waals surface area contributed by atoms with Crippen LogP contribution < -0.4 is 4.74 Å². The van der Waals surface area contributed by atoms with Crippen molar-refractivity contribution in [2.75, 3.05) is 48.5 Å². The Balaban J connectivity index is 1.79. The molecule has 8 heteroatoms. The van der Waals surface area contributed by atoms with E-state index in [4.69, 9.17) is 9.47 Å². The van der Waals surface area contributed by atoms with Crippen molar-refractivity contribution in [2.45, 2.75) is 31.5 Å². The number of carbonyl (C=O) groups is 2.